The summed E-state index contributed by atoms with van der Waals surface area (Å²) in [6, 6.07) is 1.59. The lowest BCUT2D eigenvalue weighted by atomic mass is 10.1. The van der Waals surface area contributed by atoms with Gasteiger partial charge in [0.05, 0.1) is 5.54 Å². The summed E-state index contributed by atoms with van der Waals surface area (Å²) < 4.78 is 52.9. The summed E-state index contributed by atoms with van der Waals surface area (Å²) in [5.74, 6) is -2.55. The van der Waals surface area contributed by atoms with E-state index in [0.29, 0.717) is 5.70 Å². The van der Waals surface area contributed by atoms with Gasteiger partial charge in [-0.15, -0.1) is 0 Å². The molecule has 2 N–H and O–H groups in total. The van der Waals surface area contributed by atoms with Crippen LogP contribution in [0.2, 0.25) is 0 Å². The van der Waals surface area contributed by atoms with Crippen LogP contribution in [0.5, 0.6) is 0 Å². The molecule has 0 saturated carbocycles. The van der Waals surface area contributed by atoms with E-state index in [9.17, 15) is 22.0 Å². The number of nitrogens with zero attached hydrogens (tertiary/aromatic N) is 1. The maximum atomic E-state index is 13.6. The Kier molecular flexibility index (Phi) is 3.86. The molecule has 0 fully saturated rings. The molecule has 2 rings (SSSR count). The second kappa shape index (κ2) is 5.24. The second-order valence-corrected chi connectivity index (χ2v) is 7.01. The third-order valence-corrected chi connectivity index (χ3v) is 4.42. The van der Waals surface area contributed by atoms with Crippen LogP contribution >= 0.6 is 0 Å². The number of urea groups is 1. The third kappa shape index (κ3) is 2.89. The number of hydrazine groups is 1. The number of amides is 2. The van der Waals surface area contributed by atoms with Crippen molar-refractivity contribution < 1.29 is 22.0 Å². The van der Waals surface area contributed by atoms with Crippen LogP contribution in [0.3, 0.4) is 0 Å². The number of allylic oxidation sites excluding steroid dienone is 1. The first-order chi connectivity index (χ1) is 10.0. The van der Waals surface area contributed by atoms with E-state index in [1.807, 2.05) is 0 Å². The predicted molar refractivity (Wildman–Crippen MR) is 74.9 cm³/mol. The molecular formula is C13H15F2N3O3S. The zero-order valence-corrected chi connectivity index (χ0v) is 13.0. The number of carbonyl (C=O) groups excluding carboxylic acids is 1. The third-order valence-electron chi connectivity index (χ3n) is 3.05. The molecule has 1 aromatic rings. The molecule has 0 bridgehead atoms. The van der Waals surface area contributed by atoms with Gasteiger partial charge >= 0.3 is 6.03 Å². The van der Waals surface area contributed by atoms with Crippen LogP contribution in [0.15, 0.2) is 34.9 Å². The zero-order chi connectivity index (χ0) is 16.7. The van der Waals surface area contributed by atoms with Crippen molar-refractivity contribution in [2.45, 2.75) is 31.2 Å². The molecule has 2 amide bonds. The van der Waals surface area contributed by atoms with E-state index in [1.165, 1.54) is 0 Å². The van der Waals surface area contributed by atoms with Gasteiger partial charge in [0.1, 0.15) is 11.6 Å². The second-order valence-electron chi connectivity index (χ2n) is 5.39. The first-order valence-corrected chi connectivity index (χ1v) is 7.80. The minimum absolute atomic E-state index is 0.648. The van der Waals surface area contributed by atoms with E-state index in [0.717, 1.165) is 23.2 Å². The minimum atomic E-state index is -4.68. The summed E-state index contributed by atoms with van der Waals surface area (Å²) in [5, 5.41) is 1.03. The standard InChI is InChI=1S/C13H15F2N3O3S/c1-8-7-13(2,3)18(16-8)12(19)17-22(20,21)11-9(14)5-4-6-10(11)15/h4-7,16H,1-3H3,(H,17,19). The fraction of sp³-hybridized carbons (Fsp3) is 0.308. The first kappa shape index (κ1) is 16.2. The Hall–Kier alpha value is -2.16. The zero-order valence-electron chi connectivity index (χ0n) is 12.1. The maximum absolute atomic E-state index is 13.6. The average Bonchev–Trinajstić information content (AvgIpc) is 2.61. The molecular weight excluding hydrogens is 316 g/mol. The summed E-state index contributed by atoms with van der Waals surface area (Å²) in [5.41, 5.74) is 2.53. The number of benzene rings is 1. The highest BCUT2D eigenvalue weighted by atomic mass is 32.2. The van der Waals surface area contributed by atoms with Crippen LogP contribution in [0.25, 0.3) is 0 Å². The van der Waals surface area contributed by atoms with Gasteiger partial charge in [0, 0.05) is 5.70 Å². The van der Waals surface area contributed by atoms with Gasteiger partial charge < -0.3 is 0 Å². The Morgan fingerprint density at radius 3 is 2.27 bits per heavy atom. The molecule has 6 nitrogen and oxygen atoms in total. The lowest BCUT2D eigenvalue weighted by Gasteiger charge is -2.30. The number of hydrogen-bond donors (Lipinski definition) is 2. The van der Waals surface area contributed by atoms with Crippen molar-refractivity contribution in [3.8, 4) is 0 Å². The summed E-state index contributed by atoms with van der Waals surface area (Å²) >= 11 is 0. The molecule has 0 aliphatic carbocycles. The molecule has 0 radical (unpaired) electrons. The molecule has 1 aromatic carbocycles. The van der Waals surface area contributed by atoms with Gasteiger partial charge in [0.2, 0.25) is 0 Å². The number of nitrogens with one attached hydrogen (secondary N) is 2. The topological polar surface area (TPSA) is 78.5 Å². The molecule has 1 aliphatic heterocycles. The van der Waals surface area contributed by atoms with E-state index >= 15 is 0 Å². The van der Waals surface area contributed by atoms with Crippen LogP contribution in [-0.2, 0) is 10.0 Å². The van der Waals surface area contributed by atoms with Crippen LogP contribution in [-0.4, -0.2) is 25.0 Å². The smallest absolute Gasteiger partial charge is 0.298 e. The van der Waals surface area contributed by atoms with Gasteiger partial charge in [0.25, 0.3) is 10.0 Å². The highest BCUT2D eigenvalue weighted by Gasteiger charge is 2.37. The number of carbonyl (C=O) groups is 1. The Labute approximate surface area is 126 Å². The monoisotopic (exact) mass is 331 g/mol. The number of sulfonamides is 1. The fourth-order valence-electron chi connectivity index (χ4n) is 2.21. The Morgan fingerprint density at radius 1 is 1.27 bits per heavy atom. The van der Waals surface area contributed by atoms with Crippen LogP contribution in [0.4, 0.5) is 13.6 Å². The molecule has 0 spiro atoms. The van der Waals surface area contributed by atoms with E-state index in [1.54, 1.807) is 31.6 Å². The SMILES string of the molecule is CC1=CC(C)(C)N(C(=O)NS(=O)(=O)c2c(F)cccc2F)N1. The lowest BCUT2D eigenvalue weighted by molar-refractivity contribution is 0.149. The molecule has 120 valence electrons. The molecule has 1 heterocycles. The Bertz CT molecular complexity index is 740. The largest absolute Gasteiger partial charge is 0.350 e. The van der Waals surface area contributed by atoms with Crippen LogP contribution < -0.4 is 10.1 Å². The van der Waals surface area contributed by atoms with E-state index in [-0.39, 0.29) is 0 Å². The highest BCUT2D eigenvalue weighted by Crippen LogP contribution is 2.23. The first-order valence-electron chi connectivity index (χ1n) is 6.32. The summed E-state index contributed by atoms with van der Waals surface area (Å²) in [4.78, 5) is 10.9. The van der Waals surface area contributed by atoms with Gasteiger partial charge in [0.15, 0.2) is 4.90 Å². The Morgan fingerprint density at radius 2 is 1.82 bits per heavy atom. The van der Waals surface area contributed by atoms with E-state index in [2.05, 4.69) is 5.43 Å². The number of rotatable bonds is 2. The van der Waals surface area contributed by atoms with Crippen molar-refractivity contribution in [2.75, 3.05) is 0 Å². The normalized spacial score (nSPS) is 17.0. The van der Waals surface area contributed by atoms with Crippen molar-refractivity contribution >= 4 is 16.1 Å². The summed E-state index contributed by atoms with van der Waals surface area (Å²) in [7, 11) is -4.68. The van der Waals surface area contributed by atoms with Crippen molar-refractivity contribution in [3.63, 3.8) is 0 Å². The minimum Gasteiger partial charge on any atom is -0.298 e. The van der Waals surface area contributed by atoms with Gasteiger partial charge in [-0.2, -0.15) is 0 Å². The van der Waals surface area contributed by atoms with Crippen molar-refractivity contribution in [2.24, 2.45) is 0 Å². The predicted octanol–water partition coefficient (Wildman–Crippen LogP) is 1.87. The molecule has 0 atom stereocenters. The molecule has 9 heteroatoms. The lowest BCUT2D eigenvalue weighted by Crippen LogP contribution is -2.54. The van der Waals surface area contributed by atoms with Gasteiger partial charge in [-0.3, -0.25) is 5.43 Å². The van der Waals surface area contributed by atoms with Crippen molar-refractivity contribution in [3.05, 3.63) is 41.6 Å². The molecule has 0 aromatic heterocycles. The summed E-state index contributed by atoms with van der Waals surface area (Å²) in [6.45, 7) is 5.04. The van der Waals surface area contributed by atoms with Gasteiger partial charge in [-0.25, -0.2) is 31.7 Å². The van der Waals surface area contributed by atoms with Crippen molar-refractivity contribution in [1.29, 1.82) is 0 Å². The van der Waals surface area contributed by atoms with E-state index in [4.69, 9.17) is 0 Å². The Balaban J connectivity index is 2.29. The molecule has 22 heavy (non-hydrogen) atoms. The fourth-order valence-corrected chi connectivity index (χ4v) is 3.28. The quantitative estimate of drug-likeness (QED) is 0.867. The highest BCUT2D eigenvalue weighted by molar-refractivity contribution is 7.90. The van der Waals surface area contributed by atoms with Crippen LogP contribution in [0.1, 0.15) is 20.8 Å². The van der Waals surface area contributed by atoms with E-state index < -0.39 is 38.1 Å². The van der Waals surface area contributed by atoms with Gasteiger partial charge in [-0.05, 0) is 39.0 Å². The van der Waals surface area contributed by atoms with Crippen molar-refractivity contribution in [1.82, 2.24) is 15.2 Å². The molecule has 1 aliphatic rings. The molecule has 0 unspecified atom stereocenters. The maximum Gasteiger partial charge on any atom is 0.350 e. The van der Waals surface area contributed by atoms with Crippen LogP contribution in [0, 0.1) is 11.6 Å². The average molecular weight is 331 g/mol. The number of hydrogen-bond acceptors (Lipinski definition) is 4. The number of halogens is 2. The molecule has 0 saturated heterocycles. The summed E-state index contributed by atoms with van der Waals surface area (Å²) in [6.07, 6.45) is 1.71. The van der Waals surface area contributed by atoms with Gasteiger partial charge in [-0.1, -0.05) is 6.07 Å².